The highest BCUT2D eigenvalue weighted by molar-refractivity contribution is 6.28. The molecule has 0 atom stereocenters. The van der Waals surface area contributed by atoms with Gasteiger partial charge in [-0.2, -0.15) is 0 Å². The number of furan rings is 1. The molecule has 5 nitrogen and oxygen atoms in total. The number of rotatable bonds is 16. The monoisotopic (exact) mass is 1770 g/mol. The van der Waals surface area contributed by atoms with Crippen molar-refractivity contribution >= 4 is 155 Å². The molecule has 2 aliphatic carbocycles. The summed E-state index contributed by atoms with van der Waals surface area (Å²) in [6.07, 6.45) is 0. The topological polar surface area (TPSA) is 26.1 Å². The Kier molecular flexibility index (Phi) is 20.1. The lowest BCUT2D eigenvalue weighted by atomic mass is 9.67. The Hall–Kier alpha value is -17.5. The fourth-order valence-corrected chi connectivity index (χ4v) is 22.3. The molecule has 1 aromatic heterocycles. The molecule has 24 aromatic rings. The van der Waals surface area contributed by atoms with Crippen molar-refractivity contribution in [2.24, 2.45) is 0 Å². The third kappa shape index (κ3) is 14.0. The second kappa shape index (κ2) is 33.6. The van der Waals surface area contributed by atoms with Crippen molar-refractivity contribution in [3.05, 3.63) is 519 Å². The molecule has 0 amide bonds. The molecule has 0 radical (unpaired) electrons. The molecule has 0 N–H and O–H groups in total. The molecule has 0 fully saturated rings. The van der Waals surface area contributed by atoms with E-state index in [0.29, 0.717) is 5.69 Å². The number of fused-ring (bicyclic) bond motifs is 15. The highest BCUT2D eigenvalue weighted by atomic mass is 19.1. The average Bonchev–Trinajstić information content (AvgIpc) is 0.828. The van der Waals surface area contributed by atoms with Gasteiger partial charge in [0.15, 0.2) is 0 Å². The lowest BCUT2D eigenvalue weighted by molar-refractivity contribution is 0.629. The maximum Gasteiger partial charge on any atom is 0.148 e. The summed E-state index contributed by atoms with van der Waals surface area (Å²) in [7, 11) is 0. The van der Waals surface area contributed by atoms with Gasteiger partial charge in [0, 0.05) is 95.5 Å². The normalized spacial score (nSPS) is 12.6. The number of benzene rings is 23. The van der Waals surface area contributed by atoms with Crippen LogP contribution in [0.2, 0.25) is 0 Å². The van der Waals surface area contributed by atoms with Crippen molar-refractivity contribution in [1.82, 2.24) is 0 Å². The van der Waals surface area contributed by atoms with E-state index >= 15 is 4.39 Å². The van der Waals surface area contributed by atoms with Gasteiger partial charge in [-0.3, -0.25) is 0 Å². The maximum atomic E-state index is 17.2. The summed E-state index contributed by atoms with van der Waals surface area (Å²) in [5.74, 6) is -0.294. The fourth-order valence-electron chi connectivity index (χ4n) is 22.3. The van der Waals surface area contributed by atoms with Crippen LogP contribution in [-0.2, 0) is 10.8 Å². The Morgan fingerprint density at radius 2 is 0.529 bits per heavy atom. The Bertz CT molecular complexity index is 8740. The molecule has 654 valence electrons. The van der Waals surface area contributed by atoms with Crippen LogP contribution in [0.5, 0.6) is 0 Å². The third-order valence-corrected chi connectivity index (χ3v) is 28.8. The van der Waals surface area contributed by atoms with Gasteiger partial charge in [0.2, 0.25) is 0 Å². The van der Waals surface area contributed by atoms with E-state index in [4.69, 9.17) is 4.42 Å². The Balaban J connectivity index is 0.000000147. The van der Waals surface area contributed by atoms with Crippen LogP contribution in [0.1, 0.15) is 49.9 Å². The smallest absolute Gasteiger partial charge is 0.148 e. The van der Waals surface area contributed by atoms with Gasteiger partial charge in [0.25, 0.3) is 0 Å². The van der Waals surface area contributed by atoms with Gasteiger partial charge in [-0.25, -0.2) is 4.39 Å². The number of hydrogen-bond acceptors (Lipinski definition) is 5. The van der Waals surface area contributed by atoms with Crippen LogP contribution in [0.25, 0.3) is 153 Å². The van der Waals surface area contributed by atoms with E-state index in [9.17, 15) is 0 Å². The highest BCUT2D eigenvalue weighted by Gasteiger charge is 2.38. The molecule has 0 bridgehead atoms. The van der Waals surface area contributed by atoms with Gasteiger partial charge < -0.3 is 24.0 Å². The molecule has 6 heteroatoms. The van der Waals surface area contributed by atoms with E-state index in [2.05, 4.69) is 454 Å². The number of para-hydroxylation sites is 7. The van der Waals surface area contributed by atoms with Gasteiger partial charge in [-0.05, 0) is 319 Å². The molecule has 0 aliphatic heterocycles. The summed E-state index contributed by atoms with van der Waals surface area (Å²) in [5.41, 5.74) is 32.0. The van der Waals surface area contributed by atoms with Crippen molar-refractivity contribution in [3.8, 4) is 66.8 Å². The van der Waals surface area contributed by atoms with Gasteiger partial charge in [0.1, 0.15) is 17.0 Å². The number of nitrogens with zero attached hydrogens (tertiary/aromatic N) is 4. The minimum Gasteiger partial charge on any atom is -0.456 e. The summed E-state index contributed by atoms with van der Waals surface area (Å²) in [6.45, 7) is 9.54. The van der Waals surface area contributed by atoms with E-state index in [-0.39, 0.29) is 16.6 Å². The zero-order valence-electron chi connectivity index (χ0n) is 76.8. The Morgan fingerprint density at radius 1 is 0.181 bits per heavy atom. The quantitative estimate of drug-likeness (QED) is 0.0899. The lowest BCUT2D eigenvalue weighted by Gasteiger charge is -2.37. The highest BCUT2D eigenvalue weighted by Crippen LogP contribution is 2.58. The molecule has 2 aliphatic rings. The molecular weight excluding hydrogens is 1680 g/mol. The zero-order chi connectivity index (χ0) is 92.3. The predicted molar refractivity (Wildman–Crippen MR) is 581 cm³/mol. The van der Waals surface area contributed by atoms with Crippen molar-refractivity contribution in [1.29, 1.82) is 0 Å². The average molecular weight is 1770 g/mol. The third-order valence-electron chi connectivity index (χ3n) is 28.8. The van der Waals surface area contributed by atoms with Gasteiger partial charge in [-0.15, -0.1) is 0 Å². The maximum absolute atomic E-state index is 17.2. The number of hydrogen-bond donors (Lipinski definition) is 0. The first-order chi connectivity index (χ1) is 67.9. The first-order valence-corrected chi connectivity index (χ1v) is 47.6. The zero-order valence-corrected chi connectivity index (χ0v) is 76.8. The molecule has 23 aromatic carbocycles. The summed E-state index contributed by atoms with van der Waals surface area (Å²) >= 11 is 0. The van der Waals surface area contributed by atoms with Crippen LogP contribution < -0.4 is 19.6 Å². The summed E-state index contributed by atoms with van der Waals surface area (Å²) < 4.78 is 24.0. The van der Waals surface area contributed by atoms with Crippen LogP contribution in [0.4, 0.5) is 72.6 Å². The SMILES string of the molecule is CC1(C)c2cc(-c3ccc(N(c4ccccc4)c4c(F)cc(-c5ccccc5)cc4-c4ccccc4)cc3)ccc2-c2cc3c4ccccc4c(N(c4ccccc4)c4ccccc4)cc3c3cccc1c23.CC1(C)c2cc(N(c3ccccc3)c3ccccc3)ccc2-c2cc3c4ccccc4c(-c4ccc5c(c4)oc4cc(N(c6ccccc6)c6ccccc6)ccc45)cc3c3cccc1c23. The van der Waals surface area contributed by atoms with Crippen LogP contribution in [0.3, 0.4) is 0 Å². The van der Waals surface area contributed by atoms with Gasteiger partial charge in [-0.1, -0.05) is 337 Å². The molecule has 26 rings (SSSR count). The second-order valence-corrected chi connectivity index (χ2v) is 37.5. The first-order valence-electron chi connectivity index (χ1n) is 47.6. The van der Waals surface area contributed by atoms with Crippen molar-refractivity contribution in [2.45, 2.75) is 38.5 Å². The largest absolute Gasteiger partial charge is 0.456 e. The van der Waals surface area contributed by atoms with Gasteiger partial charge in [0.05, 0.1) is 11.4 Å². The minimum absolute atomic E-state index is 0.254. The van der Waals surface area contributed by atoms with Gasteiger partial charge >= 0.3 is 0 Å². The van der Waals surface area contributed by atoms with Crippen LogP contribution in [0, 0.1) is 5.82 Å². The van der Waals surface area contributed by atoms with E-state index in [1.54, 1.807) is 6.07 Å². The lowest BCUT2D eigenvalue weighted by Crippen LogP contribution is -2.24. The molecule has 0 saturated heterocycles. The minimum atomic E-state index is -0.299. The molecule has 0 spiro atoms. The van der Waals surface area contributed by atoms with E-state index in [0.717, 1.165) is 123 Å². The summed E-state index contributed by atoms with van der Waals surface area (Å²) in [6, 6.07) is 175. The summed E-state index contributed by atoms with van der Waals surface area (Å²) in [5, 5.41) is 17.3. The van der Waals surface area contributed by atoms with Crippen molar-refractivity contribution < 1.29 is 8.81 Å². The molecule has 0 saturated carbocycles. The van der Waals surface area contributed by atoms with Crippen LogP contribution in [-0.4, -0.2) is 0 Å². The van der Waals surface area contributed by atoms with Crippen molar-refractivity contribution in [3.63, 3.8) is 0 Å². The number of halogens is 1. The first kappa shape index (κ1) is 82.5. The fraction of sp³-hybridized carbons (Fsp3) is 0.0455. The second-order valence-electron chi connectivity index (χ2n) is 37.5. The van der Waals surface area contributed by atoms with Crippen LogP contribution >= 0.6 is 0 Å². The molecule has 138 heavy (non-hydrogen) atoms. The summed E-state index contributed by atoms with van der Waals surface area (Å²) in [4.78, 5) is 9.10. The van der Waals surface area contributed by atoms with Crippen molar-refractivity contribution in [2.75, 3.05) is 19.6 Å². The van der Waals surface area contributed by atoms with E-state index < -0.39 is 0 Å². The predicted octanol–water partition coefficient (Wildman–Crippen LogP) is 37.5. The standard InChI is InChI=1S/C69H49FN2.C63H44N2O/c1-69(2)63-34-20-33-58-61-45-66(71(51-25-12-5-13-26-51)52-27-14-6-15-28-52)57-32-19-18-31-55(57)60(61)44-62(67(58)63)56-40-37-49(42-64(56)69)47-35-38-54(39-36-47)72(53-29-16-7-17-30-53)68-59(48-23-10-4-11-24-48)41-50(43-65(68)70)46-21-8-3-9-22-46;1-63(2)58-29-17-28-53-56-39-54(41-30-33-51-52-35-32-47(38-61(52)66-60(51)36-41)65(44-22-11-5-12-23-44)45-24-13-6-14-25-45)48-26-15-16-27-49(48)55(56)40-57(62(53)58)50-34-31-46(37-59(50)63)64(42-18-7-3-8-19-42)43-20-9-4-10-21-43/h3-45H,1-2H3;3-40H,1-2H3. The molecular formula is C132H93FN4O. The Labute approximate surface area is 802 Å². The Morgan fingerprint density at radius 3 is 1.04 bits per heavy atom. The number of anilines is 12. The van der Waals surface area contributed by atoms with E-state index in [1.165, 1.54) is 115 Å². The molecule has 1 heterocycles. The van der Waals surface area contributed by atoms with E-state index in [1.807, 2.05) is 78.9 Å². The van der Waals surface area contributed by atoms with Crippen LogP contribution in [0.15, 0.2) is 496 Å². The molecule has 0 unspecified atom stereocenters.